The molecule has 150 valence electrons. The van der Waals surface area contributed by atoms with Crippen molar-refractivity contribution in [3.8, 4) is 11.5 Å². The predicted octanol–water partition coefficient (Wildman–Crippen LogP) is 2.56. The van der Waals surface area contributed by atoms with E-state index in [0.29, 0.717) is 5.56 Å². The van der Waals surface area contributed by atoms with E-state index < -0.39 is 30.8 Å². The summed E-state index contributed by atoms with van der Waals surface area (Å²) < 4.78 is 10.9. The standard InChI is InChI=1S/C21H21N3O5/c1-3-15-11-7-8-14(2)19(15)22-17(25)13-28-18(26)12-24-21(27)29-20(23-24)16-9-5-4-6-10-16/h4-11H,3,12-13H2,1-2H3,(H,22,25). The van der Waals surface area contributed by atoms with Crippen LogP contribution in [0.5, 0.6) is 0 Å². The molecule has 0 radical (unpaired) electrons. The van der Waals surface area contributed by atoms with Crippen molar-refractivity contribution in [2.24, 2.45) is 0 Å². The van der Waals surface area contributed by atoms with Crippen LogP contribution >= 0.6 is 0 Å². The summed E-state index contributed by atoms with van der Waals surface area (Å²) in [5.74, 6) is -1.90. The fourth-order valence-corrected chi connectivity index (χ4v) is 2.80. The van der Waals surface area contributed by atoms with Crippen molar-refractivity contribution in [1.29, 1.82) is 0 Å². The fourth-order valence-electron chi connectivity index (χ4n) is 2.80. The van der Waals surface area contributed by atoms with Crippen LogP contribution in [0.4, 0.5) is 5.69 Å². The highest BCUT2D eigenvalue weighted by molar-refractivity contribution is 5.94. The summed E-state index contributed by atoms with van der Waals surface area (Å²) in [6.45, 7) is 2.97. The number of nitrogens with one attached hydrogen (secondary N) is 1. The molecule has 1 N–H and O–H groups in total. The number of anilines is 1. The molecule has 3 rings (SSSR count). The lowest BCUT2D eigenvalue weighted by Crippen LogP contribution is -2.27. The summed E-state index contributed by atoms with van der Waals surface area (Å²) in [5.41, 5.74) is 3.25. The number of esters is 1. The van der Waals surface area contributed by atoms with E-state index in [1.165, 1.54) is 0 Å². The summed E-state index contributed by atoms with van der Waals surface area (Å²) >= 11 is 0. The third-order valence-corrected chi connectivity index (χ3v) is 4.27. The lowest BCUT2D eigenvalue weighted by atomic mass is 10.1. The Bertz CT molecular complexity index is 1070. The zero-order valence-electron chi connectivity index (χ0n) is 16.2. The number of carbonyl (C=O) groups excluding carboxylic acids is 2. The molecule has 0 aliphatic heterocycles. The Morgan fingerprint density at radius 1 is 1.14 bits per heavy atom. The van der Waals surface area contributed by atoms with Gasteiger partial charge in [0.2, 0.25) is 5.89 Å². The smallest absolute Gasteiger partial charge is 0.437 e. The Hall–Kier alpha value is -3.68. The summed E-state index contributed by atoms with van der Waals surface area (Å²) in [5, 5.41) is 6.75. The number of amides is 1. The maximum Gasteiger partial charge on any atom is 0.437 e. The third-order valence-electron chi connectivity index (χ3n) is 4.27. The normalized spacial score (nSPS) is 10.6. The molecule has 0 unspecified atom stereocenters. The minimum Gasteiger partial charge on any atom is -0.454 e. The third kappa shape index (κ3) is 4.98. The number of aryl methyl sites for hydroxylation is 2. The maximum absolute atomic E-state index is 12.2. The van der Waals surface area contributed by atoms with Crippen molar-refractivity contribution >= 4 is 17.6 Å². The first-order valence-corrected chi connectivity index (χ1v) is 9.15. The van der Waals surface area contributed by atoms with Crippen LogP contribution in [-0.2, 0) is 27.3 Å². The molecule has 2 aromatic carbocycles. The molecular weight excluding hydrogens is 374 g/mol. The monoisotopic (exact) mass is 395 g/mol. The van der Waals surface area contributed by atoms with Gasteiger partial charge in [-0.05, 0) is 36.6 Å². The van der Waals surface area contributed by atoms with E-state index >= 15 is 0 Å². The summed E-state index contributed by atoms with van der Waals surface area (Å²) in [4.78, 5) is 36.1. The molecule has 1 aromatic heterocycles. The molecule has 0 aliphatic carbocycles. The van der Waals surface area contributed by atoms with E-state index in [2.05, 4.69) is 10.4 Å². The number of nitrogens with zero attached hydrogens (tertiary/aromatic N) is 2. The van der Waals surface area contributed by atoms with Crippen LogP contribution in [0.3, 0.4) is 0 Å². The van der Waals surface area contributed by atoms with Crippen LogP contribution in [0, 0.1) is 6.92 Å². The molecule has 0 fully saturated rings. The van der Waals surface area contributed by atoms with Gasteiger partial charge in [-0.1, -0.05) is 43.3 Å². The second kappa shape index (κ2) is 9.01. The number of hydrogen-bond donors (Lipinski definition) is 1. The Balaban J connectivity index is 1.57. The molecule has 0 saturated heterocycles. The predicted molar refractivity (Wildman–Crippen MR) is 106 cm³/mol. The zero-order chi connectivity index (χ0) is 20.8. The highest BCUT2D eigenvalue weighted by Crippen LogP contribution is 2.21. The quantitative estimate of drug-likeness (QED) is 0.617. The van der Waals surface area contributed by atoms with Crippen LogP contribution < -0.4 is 11.1 Å². The van der Waals surface area contributed by atoms with Crippen molar-refractivity contribution in [3.63, 3.8) is 0 Å². The summed E-state index contributed by atoms with van der Waals surface area (Å²) in [7, 11) is 0. The van der Waals surface area contributed by atoms with E-state index in [1.54, 1.807) is 24.3 Å². The molecule has 0 saturated carbocycles. The second-order valence-electron chi connectivity index (χ2n) is 6.37. The molecule has 3 aromatic rings. The largest absolute Gasteiger partial charge is 0.454 e. The van der Waals surface area contributed by atoms with E-state index in [0.717, 1.165) is 27.9 Å². The van der Waals surface area contributed by atoms with Crippen LogP contribution in [0.15, 0.2) is 57.7 Å². The van der Waals surface area contributed by atoms with Crippen LogP contribution in [0.25, 0.3) is 11.5 Å². The van der Waals surface area contributed by atoms with Crippen molar-refractivity contribution in [3.05, 3.63) is 70.2 Å². The van der Waals surface area contributed by atoms with E-state index in [1.807, 2.05) is 38.1 Å². The van der Waals surface area contributed by atoms with Crippen molar-refractivity contribution in [2.45, 2.75) is 26.8 Å². The fraction of sp³-hybridized carbons (Fsp3) is 0.238. The van der Waals surface area contributed by atoms with Gasteiger partial charge in [-0.15, -0.1) is 5.10 Å². The van der Waals surface area contributed by atoms with Gasteiger partial charge in [0.15, 0.2) is 6.61 Å². The van der Waals surface area contributed by atoms with Gasteiger partial charge >= 0.3 is 11.7 Å². The molecule has 8 heteroatoms. The number of ether oxygens (including phenoxy) is 1. The second-order valence-corrected chi connectivity index (χ2v) is 6.37. The van der Waals surface area contributed by atoms with Gasteiger partial charge < -0.3 is 14.5 Å². The SMILES string of the molecule is CCc1cccc(C)c1NC(=O)COC(=O)Cn1nc(-c2ccccc2)oc1=O. The first kappa shape index (κ1) is 20.1. The highest BCUT2D eigenvalue weighted by Gasteiger charge is 2.16. The Kier molecular flexibility index (Phi) is 6.23. The maximum atomic E-state index is 12.2. The molecule has 0 bridgehead atoms. The molecule has 8 nitrogen and oxygen atoms in total. The van der Waals surface area contributed by atoms with E-state index in [4.69, 9.17) is 9.15 Å². The van der Waals surface area contributed by atoms with Gasteiger partial charge in [-0.3, -0.25) is 9.59 Å². The minimum absolute atomic E-state index is 0.104. The Labute approximate surface area is 167 Å². The lowest BCUT2D eigenvalue weighted by Gasteiger charge is -2.13. The Morgan fingerprint density at radius 3 is 2.62 bits per heavy atom. The molecule has 0 atom stereocenters. The molecule has 1 amide bonds. The van der Waals surface area contributed by atoms with Crippen LogP contribution in [0.1, 0.15) is 18.1 Å². The van der Waals surface area contributed by atoms with Gasteiger partial charge in [-0.2, -0.15) is 4.68 Å². The molecule has 0 aliphatic rings. The topological polar surface area (TPSA) is 103 Å². The number of benzene rings is 2. The number of aromatic nitrogens is 2. The van der Waals surface area contributed by atoms with E-state index in [9.17, 15) is 14.4 Å². The highest BCUT2D eigenvalue weighted by atomic mass is 16.5. The molecule has 29 heavy (non-hydrogen) atoms. The molecular formula is C21H21N3O5. The van der Waals surface area contributed by atoms with Crippen molar-refractivity contribution in [1.82, 2.24) is 9.78 Å². The average molecular weight is 395 g/mol. The molecule has 1 heterocycles. The lowest BCUT2D eigenvalue weighted by molar-refractivity contribution is -0.148. The van der Waals surface area contributed by atoms with Gasteiger partial charge in [0, 0.05) is 11.3 Å². The summed E-state index contributed by atoms with van der Waals surface area (Å²) in [6, 6.07) is 14.6. The van der Waals surface area contributed by atoms with E-state index in [-0.39, 0.29) is 5.89 Å². The first-order valence-electron chi connectivity index (χ1n) is 9.15. The summed E-state index contributed by atoms with van der Waals surface area (Å²) in [6.07, 6.45) is 0.760. The number of carbonyl (C=O) groups is 2. The van der Waals surface area contributed by atoms with Crippen LogP contribution in [-0.4, -0.2) is 28.3 Å². The first-order chi connectivity index (χ1) is 14.0. The van der Waals surface area contributed by atoms with Crippen LogP contribution in [0.2, 0.25) is 0 Å². The van der Waals surface area contributed by atoms with Gasteiger partial charge in [-0.25, -0.2) is 4.79 Å². The number of para-hydroxylation sites is 1. The number of rotatable bonds is 7. The van der Waals surface area contributed by atoms with Crippen molar-refractivity contribution in [2.75, 3.05) is 11.9 Å². The zero-order valence-corrected chi connectivity index (χ0v) is 16.2. The van der Waals surface area contributed by atoms with Gasteiger partial charge in [0.25, 0.3) is 5.91 Å². The average Bonchev–Trinajstić information content (AvgIpc) is 3.09. The van der Waals surface area contributed by atoms with Crippen molar-refractivity contribution < 1.29 is 18.7 Å². The van der Waals surface area contributed by atoms with Gasteiger partial charge in [0.1, 0.15) is 6.54 Å². The molecule has 0 spiro atoms. The van der Waals surface area contributed by atoms with Gasteiger partial charge in [0.05, 0.1) is 0 Å². The number of hydrogen-bond acceptors (Lipinski definition) is 6. The minimum atomic E-state index is -0.780. The Morgan fingerprint density at radius 2 is 1.90 bits per heavy atom.